The van der Waals surface area contributed by atoms with Gasteiger partial charge >= 0.3 is 6.18 Å². The number of alkyl halides is 3. The topological polar surface area (TPSA) is 44.2 Å². The van der Waals surface area contributed by atoms with Crippen molar-refractivity contribution >= 4 is 0 Å². The van der Waals surface area contributed by atoms with Crippen molar-refractivity contribution in [1.82, 2.24) is 9.97 Å². The van der Waals surface area contributed by atoms with Crippen molar-refractivity contribution in [3.63, 3.8) is 0 Å². The Morgan fingerprint density at radius 2 is 1.81 bits per heavy atom. The molecule has 2 rings (SSSR count). The average molecular weight is 368 g/mol. The lowest BCUT2D eigenvalue weighted by atomic mass is 10.00. The molecule has 0 spiro atoms. The highest BCUT2D eigenvalue weighted by atomic mass is 19.4. The minimum atomic E-state index is -4.52. The zero-order valence-corrected chi connectivity index (χ0v) is 15.3. The SMILES string of the molecule is COc1cc(-c2ccc(OC[C@H](C)CC(C)C)c(C(F)(F)F)c2)ncn1. The van der Waals surface area contributed by atoms with E-state index in [0.29, 0.717) is 17.2 Å². The zero-order valence-electron chi connectivity index (χ0n) is 15.3. The minimum Gasteiger partial charge on any atom is -0.493 e. The molecule has 0 bridgehead atoms. The Morgan fingerprint density at radius 3 is 2.42 bits per heavy atom. The Bertz CT molecular complexity index is 733. The molecule has 142 valence electrons. The van der Waals surface area contributed by atoms with Crippen LogP contribution in [0.25, 0.3) is 11.3 Å². The lowest BCUT2D eigenvalue weighted by molar-refractivity contribution is -0.139. The highest BCUT2D eigenvalue weighted by Crippen LogP contribution is 2.39. The molecule has 4 nitrogen and oxygen atoms in total. The Hall–Kier alpha value is -2.31. The summed E-state index contributed by atoms with van der Waals surface area (Å²) < 4.78 is 50.9. The van der Waals surface area contributed by atoms with Crippen molar-refractivity contribution in [1.29, 1.82) is 0 Å². The third kappa shape index (κ3) is 5.34. The van der Waals surface area contributed by atoms with Gasteiger partial charge in [0.2, 0.25) is 5.88 Å². The third-order valence-electron chi connectivity index (χ3n) is 3.83. The van der Waals surface area contributed by atoms with Crippen molar-refractivity contribution in [2.24, 2.45) is 11.8 Å². The van der Waals surface area contributed by atoms with Gasteiger partial charge in [-0.05, 0) is 36.5 Å². The van der Waals surface area contributed by atoms with Gasteiger partial charge in [-0.1, -0.05) is 20.8 Å². The first-order chi connectivity index (χ1) is 12.2. The first-order valence-electron chi connectivity index (χ1n) is 8.41. The van der Waals surface area contributed by atoms with Gasteiger partial charge in [-0.25, -0.2) is 9.97 Å². The fourth-order valence-corrected chi connectivity index (χ4v) is 2.75. The number of ether oxygens (including phenoxy) is 2. The highest BCUT2D eigenvalue weighted by molar-refractivity contribution is 5.63. The molecule has 1 heterocycles. The first kappa shape index (κ1) is 20.0. The molecule has 0 N–H and O–H groups in total. The maximum atomic E-state index is 13.5. The second kappa shape index (κ2) is 8.38. The molecule has 0 aliphatic heterocycles. The Balaban J connectivity index is 2.30. The van der Waals surface area contributed by atoms with Crippen LogP contribution < -0.4 is 9.47 Å². The van der Waals surface area contributed by atoms with Gasteiger partial charge in [0.1, 0.15) is 12.1 Å². The number of rotatable bonds is 7. The number of benzene rings is 1. The van der Waals surface area contributed by atoms with Crippen molar-refractivity contribution in [2.45, 2.75) is 33.4 Å². The van der Waals surface area contributed by atoms with Crippen LogP contribution in [0.3, 0.4) is 0 Å². The van der Waals surface area contributed by atoms with Gasteiger partial charge in [-0.15, -0.1) is 0 Å². The summed E-state index contributed by atoms with van der Waals surface area (Å²) in [6, 6.07) is 5.43. The van der Waals surface area contributed by atoms with Gasteiger partial charge in [0, 0.05) is 11.6 Å². The maximum Gasteiger partial charge on any atom is 0.419 e. The van der Waals surface area contributed by atoms with Crippen molar-refractivity contribution in [3.8, 4) is 22.9 Å². The summed E-state index contributed by atoms with van der Waals surface area (Å²) in [4.78, 5) is 7.88. The number of methoxy groups -OCH3 is 1. The Kier molecular flexibility index (Phi) is 6.45. The quantitative estimate of drug-likeness (QED) is 0.671. The molecule has 0 saturated heterocycles. The normalized spacial score (nSPS) is 12.9. The van der Waals surface area contributed by atoms with Crippen LogP contribution in [0, 0.1) is 11.8 Å². The van der Waals surface area contributed by atoms with E-state index in [1.807, 2.05) is 6.92 Å². The first-order valence-corrected chi connectivity index (χ1v) is 8.41. The van der Waals surface area contributed by atoms with Gasteiger partial charge < -0.3 is 9.47 Å². The Labute approximate surface area is 151 Å². The summed E-state index contributed by atoms with van der Waals surface area (Å²) in [5, 5.41) is 0. The number of nitrogens with zero attached hydrogens (tertiary/aromatic N) is 2. The molecule has 1 aromatic heterocycles. The number of hydrogen-bond acceptors (Lipinski definition) is 4. The van der Waals surface area contributed by atoms with E-state index in [9.17, 15) is 13.2 Å². The van der Waals surface area contributed by atoms with E-state index in [1.165, 1.54) is 25.6 Å². The zero-order chi connectivity index (χ0) is 19.3. The fraction of sp³-hybridized carbons (Fsp3) is 0.474. The molecule has 0 unspecified atom stereocenters. The van der Waals surface area contributed by atoms with Crippen LogP contribution in [0.1, 0.15) is 32.8 Å². The summed E-state index contributed by atoms with van der Waals surface area (Å²) in [6.07, 6.45) is -2.39. The molecule has 0 radical (unpaired) electrons. The van der Waals surface area contributed by atoms with Crippen molar-refractivity contribution < 1.29 is 22.6 Å². The second-order valence-electron chi connectivity index (χ2n) is 6.70. The van der Waals surface area contributed by atoms with Crippen molar-refractivity contribution in [3.05, 3.63) is 36.2 Å². The summed E-state index contributed by atoms with van der Waals surface area (Å²) >= 11 is 0. The molecular formula is C19H23F3N2O2. The van der Waals surface area contributed by atoms with E-state index in [4.69, 9.17) is 9.47 Å². The monoisotopic (exact) mass is 368 g/mol. The van der Waals surface area contributed by atoms with Gasteiger partial charge in [0.05, 0.1) is 25.0 Å². The van der Waals surface area contributed by atoms with Crippen LogP contribution in [0.4, 0.5) is 13.2 Å². The van der Waals surface area contributed by atoms with Gasteiger partial charge in [-0.2, -0.15) is 13.2 Å². The summed E-state index contributed by atoms with van der Waals surface area (Å²) in [7, 11) is 1.43. The molecule has 1 atom stereocenters. The standard InChI is InChI=1S/C19H23F3N2O2/c1-12(2)7-13(3)10-26-17-6-5-14(8-15(17)19(20,21)22)16-9-18(25-4)24-11-23-16/h5-6,8-9,11-13H,7,10H2,1-4H3/t13-/m1/s1. The summed E-state index contributed by atoms with van der Waals surface area (Å²) in [6.45, 7) is 6.35. The van der Waals surface area contributed by atoms with Crippen LogP contribution in [0.2, 0.25) is 0 Å². The minimum absolute atomic E-state index is 0.168. The number of halogens is 3. The van der Waals surface area contributed by atoms with Crippen LogP contribution in [0.5, 0.6) is 11.6 Å². The summed E-state index contributed by atoms with van der Waals surface area (Å²) in [5.41, 5.74) is -0.146. The predicted octanol–water partition coefficient (Wildman–Crippen LogP) is 5.23. The molecule has 0 saturated carbocycles. The van der Waals surface area contributed by atoms with Crippen LogP contribution in [0.15, 0.2) is 30.6 Å². The Morgan fingerprint density at radius 1 is 1.08 bits per heavy atom. The average Bonchev–Trinajstić information content (AvgIpc) is 2.58. The lowest BCUT2D eigenvalue weighted by Gasteiger charge is -2.19. The molecule has 0 aliphatic carbocycles. The lowest BCUT2D eigenvalue weighted by Crippen LogP contribution is -2.14. The van der Waals surface area contributed by atoms with Gasteiger partial charge in [0.15, 0.2) is 0 Å². The molecule has 0 fully saturated rings. The molecule has 1 aromatic carbocycles. The van der Waals surface area contributed by atoms with Gasteiger partial charge in [-0.3, -0.25) is 0 Å². The second-order valence-corrected chi connectivity index (χ2v) is 6.70. The van der Waals surface area contributed by atoms with Crippen LogP contribution in [-0.4, -0.2) is 23.7 Å². The third-order valence-corrected chi connectivity index (χ3v) is 3.83. The number of hydrogen-bond donors (Lipinski definition) is 0. The number of aromatic nitrogens is 2. The largest absolute Gasteiger partial charge is 0.493 e. The summed E-state index contributed by atoms with van der Waals surface area (Å²) in [5.74, 6) is 0.747. The predicted molar refractivity (Wildman–Crippen MR) is 93.1 cm³/mol. The van der Waals surface area contributed by atoms with Crippen molar-refractivity contribution in [2.75, 3.05) is 13.7 Å². The van der Waals surface area contributed by atoms with Crippen LogP contribution in [-0.2, 0) is 6.18 Å². The molecular weight excluding hydrogens is 345 g/mol. The van der Waals surface area contributed by atoms with Crippen LogP contribution >= 0.6 is 0 Å². The fourth-order valence-electron chi connectivity index (χ4n) is 2.75. The molecule has 0 amide bonds. The maximum absolute atomic E-state index is 13.5. The highest BCUT2D eigenvalue weighted by Gasteiger charge is 2.35. The van der Waals surface area contributed by atoms with E-state index in [0.717, 1.165) is 12.5 Å². The molecule has 26 heavy (non-hydrogen) atoms. The smallest absolute Gasteiger partial charge is 0.419 e. The van der Waals surface area contributed by atoms with E-state index < -0.39 is 11.7 Å². The molecule has 7 heteroatoms. The molecule has 2 aromatic rings. The van der Waals surface area contributed by atoms with Gasteiger partial charge in [0.25, 0.3) is 0 Å². The molecule has 0 aliphatic rings. The van der Waals surface area contributed by atoms with E-state index in [-0.39, 0.29) is 24.2 Å². The van der Waals surface area contributed by atoms with E-state index in [1.54, 1.807) is 6.07 Å². The van der Waals surface area contributed by atoms with E-state index in [2.05, 4.69) is 23.8 Å². The van der Waals surface area contributed by atoms with E-state index >= 15 is 0 Å².